The number of carbonyl (C=O) groups excluding carboxylic acids is 2. The van der Waals surface area contributed by atoms with Crippen molar-refractivity contribution in [2.24, 2.45) is 0 Å². The van der Waals surface area contributed by atoms with Crippen LogP contribution in [-0.4, -0.2) is 38.0 Å². The zero-order chi connectivity index (χ0) is 20.0. The lowest BCUT2D eigenvalue weighted by molar-refractivity contribution is -0.117. The third-order valence-corrected chi connectivity index (χ3v) is 4.56. The molecule has 146 valence electrons. The molecule has 0 radical (unpaired) electrons. The number of hydrogen-bond donors (Lipinski definition) is 2. The van der Waals surface area contributed by atoms with E-state index in [1.807, 2.05) is 37.5 Å². The molecule has 7 nitrogen and oxygen atoms in total. The van der Waals surface area contributed by atoms with Crippen molar-refractivity contribution in [2.45, 2.75) is 51.4 Å². The predicted molar refractivity (Wildman–Crippen MR) is 108 cm³/mol. The average molecular weight is 410 g/mol. The highest BCUT2D eigenvalue weighted by Crippen LogP contribution is 2.25. The zero-order valence-corrected chi connectivity index (χ0v) is 17.4. The fourth-order valence-corrected chi connectivity index (χ4v) is 3.19. The van der Waals surface area contributed by atoms with Gasteiger partial charge in [-0.1, -0.05) is 30.3 Å². The molecule has 0 aliphatic rings. The van der Waals surface area contributed by atoms with Gasteiger partial charge in [-0.3, -0.25) is 10.1 Å². The maximum absolute atomic E-state index is 12.0. The summed E-state index contributed by atoms with van der Waals surface area (Å²) in [5, 5.41) is 14.8. The minimum Gasteiger partial charge on any atom is -0.333 e. The van der Waals surface area contributed by atoms with Crippen LogP contribution in [0.1, 0.15) is 34.1 Å². The van der Waals surface area contributed by atoms with Crippen LogP contribution < -0.4 is 10.6 Å². The van der Waals surface area contributed by atoms with E-state index in [9.17, 15) is 9.59 Å². The molecule has 0 aliphatic heterocycles. The number of nitrogens with zero attached hydrogens (tertiary/aromatic N) is 3. The number of imide groups is 1. The van der Waals surface area contributed by atoms with Gasteiger partial charge < -0.3 is 9.88 Å². The first-order chi connectivity index (χ1) is 12.7. The molecule has 27 heavy (non-hydrogen) atoms. The summed E-state index contributed by atoms with van der Waals surface area (Å²) in [5.41, 5.74) is 0.493. The summed E-state index contributed by atoms with van der Waals surface area (Å²) in [5.74, 6) is 0.405. The minimum atomic E-state index is -0.509. The van der Waals surface area contributed by atoms with E-state index in [-0.39, 0.29) is 11.7 Å². The lowest BCUT2D eigenvalue weighted by Crippen LogP contribution is -2.48. The van der Waals surface area contributed by atoms with E-state index in [1.54, 1.807) is 12.1 Å². The van der Waals surface area contributed by atoms with Crippen LogP contribution in [0.5, 0.6) is 0 Å². The van der Waals surface area contributed by atoms with Gasteiger partial charge in [0.25, 0.3) is 0 Å². The molecule has 1 aromatic carbocycles. The largest absolute Gasteiger partial charge is 0.333 e. The fourth-order valence-electron chi connectivity index (χ4n) is 2.30. The second-order valence-electron chi connectivity index (χ2n) is 7.01. The average Bonchev–Trinajstić information content (AvgIpc) is 2.95. The Morgan fingerprint density at radius 2 is 1.85 bits per heavy atom. The van der Waals surface area contributed by atoms with E-state index in [2.05, 4.69) is 27.8 Å². The molecule has 0 aliphatic carbocycles. The first kappa shape index (κ1) is 21.2. The van der Waals surface area contributed by atoms with Crippen LogP contribution in [0.25, 0.3) is 11.4 Å². The van der Waals surface area contributed by atoms with Crippen LogP contribution in [0.4, 0.5) is 4.79 Å². The van der Waals surface area contributed by atoms with Crippen molar-refractivity contribution < 1.29 is 9.59 Å². The third kappa shape index (κ3) is 6.55. The molecule has 0 spiro atoms. The topological polar surface area (TPSA) is 88.9 Å². The summed E-state index contributed by atoms with van der Waals surface area (Å²) < 4.78 is 1.97. The molecular formula is C18H24ClN5O2S. The normalized spacial score (nSPS) is 11.3. The van der Waals surface area contributed by atoms with Gasteiger partial charge in [0.1, 0.15) is 0 Å². The number of thioether (sulfide) groups is 1. The number of aromatic nitrogens is 3. The first-order valence-corrected chi connectivity index (χ1v) is 10.00. The van der Waals surface area contributed by atoms with Crippen LogP contribution in [0.2, 0.25) is 5.02 Å². The van der Waals surface area contributed by atoms with E-state index in [0.29, 0.717) is 10.2 Å². The number of nitrogens with one attached hydrogen (secondary N) is 2. The quantitative estimate of drug-likeness (QED) is 0.709. The molecule has 0 bridgehead atoms. The van der Waals surface area contributed by atoms with Gasteiger partial charge in [-0.25, -0.2) is 4.79 Å². The summed E-state index contributed by atoms with van der Waals surface area (Å²) in [6.07, 6.45) is 0.895. The van der Waals surface area contributed by atoms with Gasteiger partial charge >= 0.3 is 6.03 Å². The maximum atomic E-state index is 12.0. The molecule has 1 heterocycles. The molecule has 3 amide bonds. The van der Waals surface area contributed by atoms with Crippen LogP contribution in [0.3, 0.4) is 0 Å². The number of carbonyl (C=O) groups is 2. The fraction of sp³-hybridized carbons (Fsp3) is 0.444. The van der Waals surface area contributed by atoms with E-state index < -0.39 is 11.6 Å². The van der Waals surface area contributed by atoms with Gasteiger partial charge in [-0.2, -0.15) is 0 Å². The van der Waals surface area contributed by atoms with Crippen molar-refractivity contribution in [3.8, 4) is 11.4 Å². The molecule has 0 atom stereocenters. The van der Waals surface area contributed by atoms with Crippen LogP contribution in [-0.2, 0) is 11.3 Å². The molecule has 0 saturated carbocycles. The Labute approximate surface area is 168 Å². The highest BCUT2D eigenvalue weighted by Gasteiger charge is 2.18. The Hall–Kier alpha value is -2.06. The summed E-state index contributed by atoms with van der Waals surface area (Å²) in [4.78, 5) is 23.8. The van der Waals surface area contributed by atoms with Crippen LogP contribution >= 0.6 is 23.4 Å². The summed E-state index contributed by atoms with van der Waals surface area (Å²) in [6.45, 7) is 8.31. The standard InChI is InChI=1S/C18H24ClN5O2S/c1-5-10-24-15(12-6-8-13(19)9-7-12)22-23-17(24)27-11-14(25)20-16(26)21-18(2,3)4/h6-9H,5,10-11H2,1-4H3,(H2,20,21,25,26). The molecule has 2 rings (SSSR count). The lowest BCUT2D eigenvalue weighted by atomic mass is 10.1. The predicted octanol–water partition coefficient (Wildman–Crippen LogP) is 3.72. The molecule has 1 aromatic heterocycles. The molecule has 2 N–H and O–H groups in total. The second-order valence-corrected chi connectivity index (χ2v) is 8.38. The number of halogens is 1. The molecule has 0 unspecified atom stereocenters. The number of hydrogen-bond acceptors (Lipinski definition) is 5. The second kappa shape index (κ2) is 9.23. The minimum absolute atomic E-state index is 0.0695. The van der Waals surface area contributed by atoms with Crippen molar-refractivity contribution in [2.75, 3.05) is 5.75 Å². The first-order valence-electron chi connectivity index (χ1n) is 8.63. The Balaban J connectivity index is 2.05. The van der Waals surface area contributed by atoms with Gasteiger partial charge in [0.15, 0.2) is 11.0 Å². The highest BCUT2D eigenvalue weighted by atomic mass is 35.5. The Kier molecular flexibility index (Phi) is 7.26. The zero-order valence-electron chi connectivity index (χ0n) is 15.9. The number of benzene rings is 1. The molecule has 2 aromatic rings. The van der Waals surface area contributed by atoms with Gasteiger partial charge in [0.2, 0.25) is 5.91 Å². The maximum Gasteiger partial charge on any atom is 0.321 e. The number of amides is 3. The van der Waals surface area contributed by atoms with Crippen molar-refractivity contribution in [1.29, 1.82) is 0 Å². The SMILES string of the molecule is CCCn1c(SCC(=O)NC(=O)NC(C)(C)C)nnc1-c1ccc(Cl)cc1. The highest BCUT2D eigenvalue weighted by molar-refractivity contribution is 7.99. The molecule has 0 fully saturated rings. The van der Waals surface area contributed by atoms with Crippen molar-refractivity contribution >= 4 is 35.3 Å². The van der Waals surface area contributed by atoms with Crippen LogP contribution in [0.15, 0.2) is 29.4 Å². The van der Waals surface area contributed by atoms with Gasteiger partial charge in [-0.05, 0) is 51.5 Å². The number of rotatable bonds is 6. The van der Waals surface area contributed by atoms with Crippen molar-refractivity contribution in [1.82, 2.24) is 25.4 Å². The summed E-state index contributed by atoms with van der Waals surface area (Å²) >= 11 is 7.19. The lowest BCUT2D eigenvalue weighted by Gasteiger charge is -2.20. The molecule has 0 saturated heterocycles. The Morgan fingerprint density at radius 1 is 1.19 bits per heavy atom. The van der Waals surface area contributed by atoms with Gasteiger partial charge in [0.05, 0.1) is 5.75 Å². The summed E-state index contributed by atoms with van der Waals surface area (Å²) in [7, 11) is 0. The number of urea groups is 1. The van der Waals surface area contributed by atoms with E-state index in [4.69, 9.17) is 11.6 Å². The Morgan fingerprint density at radius 3 is 2.44 bits per heavy atom. The van der Waals surface area contributed by atoms with Gasteiger partial charge in [-0.15, -0.1) is 10.2 Å². The van der Waals surface area contributed by atoms with E-state index in [1.165, 1.54) is 11.8 Å². The van der Waals surface area contributed by atoms with E-state index in [0.717, 1.165) is 24.4 Å². The van der Waals surface area contributed by atoms with Crippen LogP contribution in [0, 0.1) is 0 Å². The Bertz CT molecular complexity index is 799. The van der Waals surface area contributed by atoms with Crippen molar-refractivity contribution in [3.05, 3.63) is 29.3 Å². The van der Waals surface area contributed by atoms with E-state index >= 15 is 0 Å². The summed E-state index contributed by atoms with van der Waals surface area (Å²) in [6, 6.07) is 6.86. The van der Waals surface area contributed by atoms with Crippen molar-refractivity contribution in [3.63, 3.8) is 0 Å². The smallest absolute Gasteiger partial charge is 0.321 e. The monoisotopic (exact) mass is 409 g/mol. The third-order valence-electron chi connectivity index (χ3n) is 3.34. The molecular weight excluding hydrogens is 386 g/mol. The molecule has 9 heteroatoms. The van der Waals surface area contributed by atoms with Gasteiger partial charge in [0, 0.05) is 22.7 Å².